The second kappa shape index (κ2) is 5.75. The fourth-order valence-electron chi connectivity index (χ4n) is 1.03. The Morgan fingerprint density at radius 1 is 1.60 bits per heavy atom. The van der Waals surface area contributed by atoms with Crippen molar-refractivity contribution >= 4 is 8.41 Å². The van der Waals surface area contributed by atoms with Crippen LogP contribution in [0, 0.1) is 0 Å². The largest absolute Gasteiger partial charge is 0.379 e. The van der Waals surface area contributed by atoms with E-state index in [1.807, 2.05) is 6.92 Å². The fraction of sp³-hybridized carbons (Fsp3) is 1.00. The molecule has 0 amide bonds. The highest BCUT2D eigenvalue weighted by molar-refractivity contribution is 5.75. The van der Waals surface area contributed by atoms with Gasteiger partial charge in [0.1, 0.15) is 0 Å². The zero-order valence-electron chi connectivity index (χ0n) is 6.51. The quantitative estimate of drug-likeness (QED) is 0.541. The molecule has 2 nitrogen and oxygen atoms in total. The lowest BCUT2D eigenvalue weighted by Crippen LogP contribution is -2.13. The van der Waals surface area contributed by atoms with Gasteiger partial charge in [-0.15, -0.1) is 0 Å². The maximum Gasteiger partial charge on any atom is 0.0809 e. The van der Waals surface area contributed by atoms with Crippen molar-refractivity contribution in [2.24, 2.45) is 0 Å². The molecule has 1 fully saturated rings. The lowest BCUT2D eigenvalue weighted by atomic mass is 10.2. The van der Waals surface area contributed by atoms with Gasteiger partial charge in [0.2, 0.25) is 0 Å². The van der Waals surface area contributed by atoms with Crippen molar-refractivity contribution in [3.63, 3.8) is 0 Å². The SMILES string of the molecule is CCOCC1CCCO1.[B]. The van der Waals surface area contributed by atoms with Crippen molar-refractivity contribution in [1.29, 1.82) is 0 Å². The first kappa shape index (κ1) is 9.98. The third-order valence-electron chi connectivity index (χ3n) is 1.53. The minimum atomic E-state index is 0. The van der Waals surface area contributed by atoms with Gasteiger partial charge in [0.15, 0.2) is 0 Å². The van der Waals surface area contributed by atoms with E-state index in [2.05, 4.69) is 0 Å². The van der Waals surface area contributed by atoms with Crippen molar-refractivity contribution in [3.05, 3.63) is 0 Å². The molecule has 3 heteroatoms. The van der Waals surface area contributed by atoms with E-state index in [0.717, 1.165) is 19.8 Å². The number of ether oxygens (including phenoxy) is 2. The van der Waals surface area contributed by atoms with Crippen molar-refractivity contribution in [2.45, 2.75) is 25.9 Å². The van der Waals surface area contributed by atoms with Gasteiger partial charge >= 0.3 is 0 Å². The Kier molecular flexibility index (Phi) is 5.74. The Morgan fingerprint density at radius 3 is 2.90 bits per heavy atom. The summed E-state index contributed by atoms with van der Waals surface area (Å²) in [5.41, 5.74) is 0. The van der Waals surface area contributed by atoms with Gasteiger partial charge in [-0.25, -0.2) is 0 Å². The van der Waals surface area contributed by atoms with Gasteiger partial charge in [-0.3, -0.25) is 0 Å². The van der Waals surface area contributed by atoms with Crippen LogP contribution in [0.15, 0.2) is 0 Å². The van der Waals surface area contributed by atoms with Gasteiger partial charge in [-0.05, 0) is 19.8 Å². The number of hydrogen-bond donors (Lipinski definition) is 0. The molecule has 0 aromatic rings. The molecule has 1 atom stereocenters. The second-order valence-electron chi connectivity index (χ2n) is 2.29. The molecule has 0 bridgehead atoms. The van der Waals surface area contributed by atoms with Crippen molar-refractivity contribution in [3.8, 4) is 0 Å². The molecule has 0 aromatic heterocycles. The molecule has 0 N–H and O–H groups in total. The van der Waals surface area contributed by atoms with Crippen LogP contribution in [0.2, 0.25) is 0 Å². The summed E-state index contributed by atoms with van der Waals surface area (Å²) in [6, 6.07) is 0. The van der Waals surface area contributed by atoms with Gasteiger partial charge in [0.25, 0.3) is 0 Å². The minimum absolute atomic E-state index is 0. The molecule has 1 saturated heterocycles. The predicted octanol–water partition coefficient (Wildman–Crippen LogP) is 0.821. The van der Waals surface area contributed by atoms with E-state index in [4.69, 9.17) is 9.47 Å². The molecule has 1 unspecified atom stereocenters. The van der Waals surface area contributed by atoms with Crippen molar-refractivity contribution < 1.29 is 9.47 Å². The molecule has 1 aliphatic heterocycles. The van der Waals surface area contributed by atoms with Crippen molar-refractivity contribution in [2.75, 3.05) is 19.8 Å². The Bertz CT molecular complexity index is 72.0. The topological polar surface area (TPSA) is 18.5 Å². The highest BCUT2D eigenvalue weighted by Crippen LogP contribution is 2.11. The average Bonchev–Trinajstić information content (AvgIpc) is 2.34. The lowest BCUT2D eigenvalue weighted by molar-refractivity contribution is 0.0217. The summed E-state index contributed by atoms with van der Waals surface area (Å²) in [4.78, 5) is 0. The normalized spacial score (nSPS) is 24.3. The average molecular weight is 141 g/mol. The van der Waals surface area contributed by atoms with E-state index in [0.29, 0.717) is 6.10 Å². The van der Waals surface area contributed by atoms with Gasteiger partial charge in [0.05, 0.1) is 12.7 Å². The third-order valence-corrected chi connectivity index (χ3v) is 1.53. The lowest BCUT2D eigenvalue weighted by Gasteiger charge is -2.07. The zero-order chi connectivity index (χ0) is 6.53. The van der Waals surface area contributed by atoms with E-state index in [-0.39, 0.29) is 8.41 Å². The monoisotopic (exact) mass is 141 g/mol. The molecule has 57 valence electrons. The first-order valence-corrected chi connectivity index (χ1v) is 3.63. The van der Waals surface area contributed by atoms with Crippen LogP contribution in [0.25, 0.3) is 0 Å². The molecule has 0 saturated carbocycles. The van der Waals surface area contributed by atoms with Crippen LogP contribution in [-0.4, -0.2) is 34.3 Å². The third kappa shape index (κ3) is 3.23. The van der Waals surface area contributed by atoms with Gasteiger partial charge in [-0.2, -0.15) is 0 Å². The van der Waals surface area contributed by atoms with Crippen LogP contribution in [-0.2, 0) is 9.47 Å². The Hall–Kier alpha value is -0.0151. The molecule has 3 radical (unpaired) electrons. The molecule has 10 heavy (non-hydrogen) atoms. The first-order valence-electron chi connectivity index (χ1n) is 3.63. The molecule has 1 aliphatic rings. The molecule has 1 heterocycles. The Balaban J connectivity index is 0.000000810. The zero-order valence-corrected chi connectivity index (χ0v) is 6.51. The van der Waals surface area contributed by atoms with Crippen LogP contribution < -0.4 is 0 Å². The van der Waals surface area contributed by atoms with Crippen LogP contribution >= 0.6 is 0 Å². The highest BCUT2D eigenvalue weighted by atomic mass is 16.5. The van der Waals surface area contributed by atoms with E-state index in [1.54, 1.807) is 0 Å². The summed E-state index contributed by atoms with van der Waals surface area (Å²) in [7, 11) is 0. The van der Waals surface area contributed by atoms with Gasteiger partial charge in [0, 0.05) is 21.6 Å². The summed E-state index contributed by atoms with van der Waals surface area (Å²) in [6.45, 7) is 4.53. The van der Waals surface area contributed by atoms with E-state index >= 15 is 0 Å². The summed E-state index contributed by atoms with van der Waals surface area (Å²) in [5.74, 6) is 0. The second-order valence-corrected chi connectivity index (χ2v) is 2.29. The molecule has 1 rings (SSSR count). The molecular weight excluding hydrogens is 127 g/mol. The standard InChI is InChI=1S/C7H14O2.B/c1-2-8-6-7-4-3-5-9-7;/h7H,2-6H2,1H3;. The molecule has 0 aliphatic carbocycles. The van der Waals surface area contributed by atoms with E-state index < -0.39 is 0 Å². The summed E-state index contributed by atoms with van der Waals surface area (Å²) < 4.78 is 10.5. The first-order chi connectivity index (χ1) is 4.43. The van der Waals surface area contributed by atoms with Crippen LogP contribution in [0.3, 0.4) is 0 Å². The van der Waals surface area contributed by atoms with E-state index in [1.165, 1.54) is 12.8 Å². The summed E-state index contributed by atoms with van der Waals surface area (Å²) in [6.07, 6.45) is 2.78. The van der Waals surface area contributed by atoms with Crippen LogP contribution in [0.1, 0.15) is 19.8 Å². The Morgan fingerprint density at radius 2 is 2.40 bits per heavy atom. The van der Waals surface area contributed by atoms with Crippen LogP contribution in [0.4, 0.5) is 0 Å². The van der Waals surface area contributed by atoms with E-state index in [9.17, 15) is 0 Å². The maximum atomic E-state index is 5.33. The summed E-state index contributed by atoms with van der Waals surface area (Å²) in [5, 5.41) is 0. The summed E-state index contributed by atoms with van der Waals surface area (Å²) >= 11 is 0. The van der Waals surface area contributed by atoms with Crippen molar-refractivity contribution in [1.82, 2.24) is 0 Å². The Labute approximate surface area is 64.5 Å². The fourth-order valence-corrected chi connectivity index (χ4v) is 1.03. The maximum absolute atomic E-state index is 5.33. The smallest absolute Gasteiger partial charge is 0.0809 e. The molecular formula is C7H14BO2. The number of rotatable bonds is 3. The molecule has 0 spiro atoms. The number of hydrogen-bond acceptors (Lipinski definition) is 2. The van der Waals surface area contributed by atoms with Crippen LogP contribution in [0.5, 0.6) is 0 Å². The minimum Gasteiger partial charge on any atom is -0.379 e. The van der Waals surface area contributed by atoms with Gasteiger partial charge in [-0.1, -0.05) is 0 Å². The molecule has 0 aromatic carbocycles. The highest BCUT2D eigenvalue weighted by Gasteiger charge is 2.14. The predicted molar refractivity (Wildman–Crippen MR) is 41.2 cm³/mol. The van der Waals surface area contributed by atoms with Gasteiger partial charge < -0.3 is 9.47 Å².